The van der Waals surface area contributed by atoms with Gasteiger partial charge in [0.2, 0.25) is 0 Å². The molecule has 17 aromatic heterocycles. The second-order valence-electron chi connectivity index (χ2n) is 36.0. The highest BCUT2D eigenvalue weighted by Crippen LogP contribution is 2.56. The molecule has 0 aliphatic heterocycles. The third kappa shape index (κ3) is 14.9. The van der Waals surface area contributed by atoms with Crippen LogP contribution in [0.5, 0.6) is 0 Å². The van der Waals surface area contributed by atoms with Crippen molar-refractivity contribution < 1.29 is 0 Å². The molecule has 0 spiro atoms. The van der Waals surface area contributed by atoms with Crippen LogP contribution >= 0.6 is 0 Å². The Morgan fingerprint density at radius 3 is 1.06 bits per heavy atom. The summed E-state index contributed by atoms with van der Waals surface area (Å²) in [5.74, 6) is 0.347. The van der Waals surface area contributed by atoms with Gasteiger partial charge >= 0.3 is 0 Å². The van der Waals surface area contributed by atoms with Gasteiger partial charge in [0, 0.05) is 155 Å². The number of hydrogen-bond acceptors (Lipinski definition) is 17. The molecule has 29 rings (SSSR count). The summed E-state index contributed by atoms with van der Waals surface area (Å²) in [6.07, 6.45) is 36.7. The number of para-hydroxylation sites is 3. The van der Waals surface area contributed by atoms with Crippen molar-refractivity contribution in [2.24, 2.45) is 11.8 Å². The van der Waals surface area contributed by atoms with E-state index in [1.807, 2.05) is 183 Å². The summed E-state index contributed by atoms with van der Waals surface area (Å²) in [5.41, 5.74) is 38.1. The molecule has 0 fully saturated rings. The second-order valence-corrected chi connectivity index (χ2v) is 36.0. The molecule has 17 heteroatoms. The molecule has 2 atom stereocenters. The van der Waals surface area contributed by atoms with Gasteiger partial charge in [-0.15, -0.1) is 0 Å². The van der Waals surface area contributed by atoms with Gasteiger partial charge in [0.25, 0.3) is 0 Å². The summed E-state index contributed by atoms with van der Waals surface area (Å²) in [6.45, 7) is 0. The predicted octanol–water partition coefficient (Wildman–Crippen LogP) is 29.1. The van der Waals surface area contributed by atoms with Gasteiger partial charge in [-0.1, -0.05) is 225 Å². The van der Waals surface area contributed by atoms with Crippen LogP contribution in [0.2, 0.25) is 0 Å². The van der Waals surface area contributed by atoms with Crippen molar-refractivity contribution in [3.63, 3.8) is 0 Å². The van der Waals surface area contributed by atoms with Crippen LogP contribution in [0, 0.1) is 11.8 Å². The van der Waals surface area contributed by atoms with Crippen molar-refractivity contribution >= 4 is 131 Å². The lowest BCUT2D eigenvalue weighted by atomic mass is 9.61. The minimum absolute atomic E-state index is 0.173. The second kappa shape index (κ2) is 35.4. The van der Waals surface area contributed by atoms with E-state index in [1.165, 1.54) is 39.0 Å². The fraction of sp³-hybridized carbons (Fsp3) is 0.0157. The van der Waals surface area contributed by atoms with E-state index in [4.69, 9.17) is 54.8 Å². The first kappa shape index (κ1) is 83.7. The lowest BCUT2D eigenvalue weighted by Gasteiger charge is -2.42. The van der Waals surface area contributed by atoms with Gasteiger partial charge in [0.1, 0.15) is 0 Å². The van der Waals surface area contributed by atoms with Gasteiger partial charge in [-0.3, -0.25) is 49.8 Å². The van der Waals surface area contributed by atoms with Crippen LogP contribution in [0.15, 0.2) is 479 Å². The molecule has 670 valence electrons. The first-order valence-corrected chi connectivity index (χ1v) is 47.9. The predicted molar refractivity (Wildman–Crippen MR) is 580 cm³/mol. The van der Waals surface area contributed by atoms with E-state index in [9.17, 15) is 0 Å². The Bertz CT molecular complexity index is 9670. The minimum Gasteiger partial charge on any atom is -0.256 e. The Hall–Kier alpha value is -19.7. The molecule has 8 aromatic carbocycles. The van der Waals surface area contributed by atoms with Crippen LogP contribution in [-0.4, -0.2) is 84.7 Å². The molecule has 17 nitrogen and oxygen atoms in total. The summed E-state index contributed by atoms with van der Waals surface area (Å²) in [7, 11) is 0. The topological polar surface area (TPSA) is 219 Å². The largest absolute Gasteiger partial charge is 0.256 e. The molecule has 0 amide bonds. The maximum Gasteiger partial charge on any atom is 0.0979 e. The van der Waals surface area contributed by atoms with Crippen LogP contribution in [0.25, 0.3) is 244 Å². The summed E-state index contributed by atoms with van der Waals surface area (Å²) in [5, 5.41) is 11.8. The molecule has 25 aromatic rings. The van der Waals surface area contributed by atoms with Crippen LogP contribution in [-0.2, 0) is 0 Å². The van der Waals surface area contributed by atoms with E-state index >= 15 is 0 Å². The Morgan fingerprint density at radius 1 is 0.181 bits per heavy atom. The van der Waals surface area contributed by atoms with Crippen LogP contribution in [0.1, 0.15) is 11.1 Å². The third-order valence-electron chi connectivity index (χ3n) is 27.7. The first-order valence-electron chi connectivity index (χ1n) is 47.9. The molecular weight excluding hydrogens is 1760 g/mol. The molecule has 0 saturated carbocycles. The highest BCUT2D eigenvalue weighted by atomic mass is 14.9. The van der Waals surface area contributed by atoms with E-state index in [0.717, 1.165) is 238 Å². The van der Waals surface area contributed by atoms with Crippen molar-refractivity contribution in [2.45, 2.75) is 0 Å². The maximum atomic E-state index is 5.21. The van der Waals surface area contributed by atoms with Gasteiger partial charge in [0.15, 0.2) is 0 Å². The SMILES string of the molecule is C1=CC2=C(c3cc(-c4ccccn4)nc(-c4ccccn4)c3)C=CC3=CC=C4C(c5c6ccccc6nc6c5ccc5cccnc56)=CC=C1C4C32.c1ccc(-c2cc(-c3ccc(-c4c5ccccc5nc5c4ccc4cccnc45)c4ncccc34)cc(-c3ccccn3)n2)nc1.c1ccc(-c2cc(-c3ccc4nc(-c5c6ccccc6nc6c5ccc5cccnc56)ccc4c3)cc(-c3ccccn3)n2)nc1. The van der Waals surface area contributed by atoms with Crippen molar-refractivity contribution in [1.82, 2.24) is 84.7 Å². The molecule has 4 aliphatic carbocycles. The Kier molecular flexibility index (Phi) is 20.6. The normalized spacial score (nSPS) is 14.1. The Labute approximate surface area is 824 Å². The van der Waals surface area contributed by atoms with E-state index < -0.39 is 0 Å². The smallest absolute Gasteiger partial charge is 0.0979 e. The number of hydrogen-bond donors (Lipinski definition) is 0. The van der Waals surface area contributed by atoms with E-state index in [2.05, 4.69) is 279 Å². The monoisotopic (exact) mass is 1840 g/mol. The van der Waals surface area contributed by atoms with Gasteiger partial charge in [-0.25, -0.2) is 34.9 Å². The number of rotatable bonds is 12. The summed E-state index contributed by atoms with van der Waals surface area (Å²) in [6, 6.07) is 118. The number of aromatic nitrogens is 17. The molecule has 0 bridgehead atoms. The van der Waals surface area contributed by atoms with Gasteiger partial charge in [-0.2, -0.15) is 0 Å². The third-order valence-corrected chi connectivity index (χ3v) is 27.7. The molecular formula is C127H77N17. The van der Waals surface area contributed by atoms with Crippen molar-refractivity contribution in [3.8, 4) is 113 Å². The number of allylic oxidation sites excluding steroid dienone is 14. The molecule has 17 heterocycles. The number of benzene rings is 8. The van der Waals surface area contributed by atoms with Gasteiger partial charge in [0.05, 0.1) is 135 Å². The summed E-state index contributed by atoms with van der Waals surface area (Å²) >= 11 is 0. The fourth-order valence-corrected chi connectivity index (χ4v) is 21.1. The lowest BCUT2D eigenvalue weighted by Crippen LogP contribution is -2.30. The summed E-state index contributed by atoms with van der Waals surface area (Å²) < 4.78 is 0. The van der Waals surface area contributed by atoms with E-state index in [0.29, 0.717) is 0 Å². The molecule has 0 N–H and O–H groups in total. The van der Waals surface area contributed by atoms with Gasteiger partial charge < -0.3 is 0 Å². The maximum absolute atomic E-state index is 5.21. The molecule has 0 saturated heterocycles. The first-order chi connectivity index (χ1) is 71.4. The van der Waals surface area contributed by atoms with Crippen LogP contribution in [0.4, 0.5) is 0 Å². The standard InChI is InChI=1S/C47H29N5.2C40H24N6/c1-2-10-38-36(9-1)45(37-22-17-30-8-7-25-50-46(30)47(37)52-38)35-21-16-29-14-19-33-32(18-13-28-15-20-34(35)44(29)43(28)33)31-26-41(39-11-3-5-23-48-39)51-42(27-31)40-12-4-6-24-49-40;1-2-12-32-29(10-1)37(31-16-15-25-9-7-21-43-38(25)40(31)46-32)30-18-17-27(28-11-8-22-44-39(28)30)26-23-35(33-13-3-5-19-41-33)45-36(24-26)34-14-4-6-20-42-34;1-2-10-32-29(9-1)38(30-16-13-25-8-7-21-43-39(25)40(30)46-32)35-18-15-27-22-26(14-17-31(27)44-35)28-23-36(33-11-3-5-19-41-33)45-37(24-28)34-12-4-6-20-42-34/h1-27,43-44H;2*1-24H. The fourth-order valence-electron chi connectivity index (χ4n) is 21.1. The summed E-state index contributed by atoms with van der Waals surface area (Å²) in [4.78, 5) is 82.5. The van der Waals surface area contributed by atoms with Crippen molar-refractivity contribution in [2.75, 3.05) is 0 Å². The van der Waals surface area contributed by atoms with Crippen molar-refractivity contribution in [1.29, 1.82) is 0 Å². The quantitative estimate of drug-likeness (QED) is 0.0820. The number of pyridine rings is 17. The highest BCUT2D eigenvalue weighted by molar-refractivity contribution is 6.21. The van der Waals surface area contributed by atoms with Crippen LogP contribution in [0.3, 0.4) is 0 Å². The Balaban J connectivity index is 0.000000108. The molecule has 2 unspecified atom stereocenters. The minimum atomic E-state index is 0.173. The lowest BCUT2D eigenvalue weighted by molar-refractivity contribution is 0.569. The van der Waals surface area contributed by atoms with Gasteiger partial charge in [-0.05, 0) is 231 Å². The average Bonchev–Trinajstić information content (AvgIpc) is 0.716. The van der Waals surface area contributed by atoms with Crippen molar-refractivity contribution in [3.05, 3.63) is 490 Å². The van der Waals surface area contributed by atoms with E-state index in [-0.39, 0.29) is 11.8 Å². The average molecular weight is 1840 g/mol. The number of fused-ring (bicyclic) bond motifs is 14. The zero-order chi connectivity index (χ0) is 95.1. The zero-order valence-electron chi connectivity index (χ0n) is 77.1. The zero-order valence-corrected chi connectivity index (χ0v) is 77.1. The number of nitrogens with zero attached hydrogens (tertiary/aromatic N) is 17. The Morgan fingerprint density at radius 2 is 0.569 bits per heavy atom. The van der Waals surface area contributed by atoms with E-state index in [1.54, 1.807) is 24.8 Å². The molecule has 144 heavy (non-hydrogen) atoms. The molecule has 4 aliphatic rings. The van der Waals surface area contributed by atoms with Crippen LogP contribution < -0.4 is 0 Å². The highest BCUT2D eigenvalue weighted by Gasteiger charge is 2.42. The molecule has 0 radical (unpaired) electrons.